The Kier molecular flexibility index (Phi) is 5.70. The van der Waals surface area contributed by atoms with Crippen molar-refractivity contribution in [2.75, 3.05) is 5.33 Å². The average Bonchev–Trinajstić information content (AvgIpc) is 2.16. The standard InChI is InChI=1S/C13H18BrCl/c1-10(2)6-12(9-14)7-11-4-3-5-13(15)8-11/h3-5,8,10,12H,6-7,9H2,1-2H3. The molecule has 84 valence electrons. The summed E-state index contributed by atoms with van der Waals surface area (Å²) in [6.07, 6.45) is 2.38. The first-order valence-corrected chi connectivity index (χ1v) is 6.92. The monoisotopic (exact) mass is 288 g/mol. The first kappa shape index (κ1) is 13.1. The van der Waals surface area contributed by atoms with Gasteiger partial charge in [0.1, 0.15) is 0 Å². The molecule has 0 heterocycles. The van der Waals surface area contributed by atoms with Gasteiger partial charge in [-0.15, -0.1) is 0 Å². The lowest BCUT2D eigenvalue weighted by Crippen LogP contribution is -2.09. The van der Waals surface area contributed by atoms with Crippen molar-refractivity contribution in [3.8, 4) is 0 Å². The van der Waals surface area contributed by atoms with Gasteiger partial charge in [-0.3, -0.25) is 0 Å². The van der Waals surface area contributed by atoms with Crippen LogP contribution in [0.5, 0.6) is 0 Å². The summed E-state index contributed by atoms with van der Waals surface area (Å²) >= 11 is 9.55. The molecular formula is C13H18BrCl. The van der Waals surface area contributed by atoms with Crippen molar-refractivity contribution in [2.24, 2.45) is 11.8 Å². The largest absolute Gasteiger partial charge is 0.0925 e. The SMILES string of the molecule is CC(C)CC(CBr)Cc1cccc(Cl)c1. The molecule has 0 N–H and O–H groups in total. The highest BCUT2D eigenvalue weighted by Crippen LogP contribution is 2.21. The van der Waals surface area contributed by atoms with Gasteiger partial charge in [0.25, 0.3) is 0 Å². The summed E-state index contributed by atoms with van der Waals surface area (Å²) in [5, 5.41) is 1.91. The quantitative estimate of drug-likeness (QED) is 0.674. The highest BCUT2D eigenvalue weighted by molar-refractivity contribution is 9.09. The predicted octanol–water partition coefficient (Wildman–Crippen LogP) is 4.94. The summed E-state index contributed by atoms with van der Waals surface area (Å²) in [7, 11) is 0. The minimum absolute atomic E-state index is 0.712. The molecule has 0 aliphatic rings. The van der Waals surface area contributed by atoms with Crippen molar-refractivity contribution in [3.05, 3.63) is 34.9 Å². The van der Waals surface area contributed by atoms with E-state index in [9.17, 15) is 0 Å². The fourth-order valence-electron chi connectivity index (χ4n) is 1.86. The van der Waals surface area contributed by atoms with E-state index in [1.165, 1.54) is 12.0 Å². The molecule has 1 atom stereocenters. The van der Waals surface area contributed by atoms with Crippen LogP contribution >= 0.6 is 27.5 Å². The smallest absolute Gasteiger partial charge is 0.0408 e. The van der Waals surface area contributed by atoms with Crippen LogP contribution < -0.4 is 0 Å². The van der Waals surface area contributed by atoms with Crippen molar-refractivity contribution in [3.63, 3.8) is 0 Å². The second-order valence-electron chi connectivity index (χ2n) is 4.48. The second-order valence-corrected chi connectivity index (χ2v) is 5.57. The van der Waals surface area contributed by atoms with Crippen LogP contribution in [0.4, 0.5) is 0 Å². The summed E-state index contributed by atoms with van der Waals surface area (Å²) in [4.78, 5) is 0. The molecule has 15 heavy (non-hydrogen) atoms. The maximum Gasteiger partial charge on any atom is 0.0408 e. The molecule has 0 saturated heterocycles. The first-order chi connectivity index (χ1) is 7.11. The van der Waals surface area contributed by atoms with Crippen LogP contribution in [0.1, 0.15) is 25.8 Å². The molecule has 0 saturated carbocycles. The van der Waals surface area contributed by atoms with Gasteiger partial charge < -0.3 is 0 Å². The third kappa shape index (κ3) is 5.03. The molecule has 0 radical (unpaired) electrons. The second kappa shape index (κ2) is 6.55. The lowest BCUT2D eigenvalue weighted by atomic mass is 9.93. The van der Waals surface area contributed by atoms with Gasteiger partial charge in [-0.2, -0.15) is 0 Å². The van der Waals surface area contributed by atoms with Crippen molar-refractivity contribution < 1.29 is 0 Å². The third-order valence-electron chi connectivity index (χ3n) is 2.44. The van der Waals surface area contributed by atoms with Crippen LogP contribution in [-0.2, 0) is 6.42 Å². The van der Waals surface area contributed by atoms with Crippen LogP contribution in [0.25, 0.3) is 0 Å². The van der Waals surface area contributed by atoms with Crippen LogP contribution in [0.2, 0.25) is 5.02 Å². The fraction of sp³-hybridized carbons (Fsp3) is 0.538. The lowest BCUT2D eigenvalue weighted by molar-refractivity contribution is 0.445. The minimum atomic E-state index is 0.712. The average molecular weight is 290 g/mol. The Morgan fingerprint density at radius 3 is 2.60 bits per heavy atom. The topological polar surface area (TPSA) is 0 Å². The molecule has 0 aliphatic heterocycles. The molecule has 0 fully saturated rings. The van der Waals surface area contributed by atoms with E-state index in [4.69, 9.17) is 11.6 Å². The van der Waals surface area contributed by atoms with Gasteiger partial charge in [0, 0.05) is 10.4 Å². The van der Waals surface area contributed by atoms with Crippen LogP contribution in [0, 0.1) is 11.8 Å². The number of rotatable bonds is 5. The third-order valence-corrected chi connectivity index (χ3v) is 3.59. The Morgan fingerprint density at radius 1 is 1.33 bits per heavy atom. The van der Waals surface area contributed by atoms with Crippen molar-refractivity contribution in [1.29, 1.82) is 0 Å². The van der Waals surface area contributed by atoms with Gasteiger partial charge in [-0.05, 0) is 42.4 Å². The van der Waals surface area contributed by atoms with Gasteiger partial charge in [-0.1, -0.05) is 53.5 Å². The van der Waals surface area contributed by atoms with Crippen molar-refractivity contribution in [2.45, 2.75) is 26.7 Å². The first-order valence-electron chi connectivity index (χ1n) is 5.42. The van der Waals surface area contributed by atoms with Crippen LogP contribution in [-0.4, -0.2) is 5.33 Å². The Balaban J connectivity index is 2.58. The Bertz CT molecular complexity index is 296. The highest BCUT2D eigenvalue weighted by Gasteiger charge is 2.10. The number of benzene rings is 1. The zero-order valence-electron chi connectivity index (χ0n) is 9.34. The van der Waals surface area contributed by atoms with E-state index in [2.05, 4.69) is 41.9 Å². The zero-order chi connectivity index (χ0) is 11.3. The van der Waals surface area contributed by atoms with Crippen LogP contribution in [0.3, 0.4) is 0 Å². The minimum Gasteiger partial charge on any atom is -0.0925 e. The summed E-state index contributed by atoms with van der Waals surface area (Å²) in [5.41, 5.74) is 1.34. The van der Waals surface area contributed by atoms with Gasteiger partial charge in [0.2, 0.25) is 0 Å². The normalized spacial score (nSPS) is 13.1. The highest BCUT2D eigenvalue weighted by atomic mass is 79.9. The molecule has 0 aliphatic carbocycles. The Morgan fingerprint density at radius 2 is 2.07 bits per heavy atom. The van der Waals surface area contributed by atoms with E-state index in [-0.39, 0.29) is 0 Å². The molecular weight excluding hydrogens is 271 g/mol. The van der Waals surface area contributed by atoms with E-state index in [0.29, 0.717) is 5.92 Å². The molecule has 0 amide bonds. The fourth-order valence-corrected chi connectivity index (χ4v) is 2.57. The molecule has 1 rings (SSSR count). The predicted molar refractivity (Wildman–Crippen MR) is 71.9 cm³/mol. The van der Waals surface area contributed by atoms with E-state index in [0.717, 1.165) is 22.7 Å². The van der Waals surface area contributed by atoms with Gasteiger partial charge in [0.15, 0.2) is 0 Å². The Hall–Kier alpha value is -0.0100. The molecule has 0 spiro atoms. The molecule has 0 bridgehead atoms. The molecule has 1 unspecified atom stereocenters. The molecule has 1 aromatic carbocycles. The van der Waals surface area contributed by atoms with E-state index in [1.54, 1.807) is 0 Å². The van der Waals surface area contributed by atoms with E-state index < -0.39 is 0 Å². The summed E-state index contributed by atoms with van der Waals surface area (Å²) in [5.74, 6) is 1.47. The number of halogens is 2. The van der Waals surface area contributed by atoms with E-state index >= 15 is 0 Å². The number of alkyl halides is 1. The lowest BCUT2D eigenvalue weighted by Gasteiger charge is -2.16. The van der Waals surface area contributed by atoms with Gasteiger partial charge in [0.05, 0.1) is 0 Å². The summed E-state index contributed by atoms with van der Waals surface area (Å²) < 4.78 is 0. The van der Waals surface area contributed by atoms with Crippen molar-refractivity contribution >= 4 is 27.5 Å². The maximum atomic E-state index is 5.97. The Labute approximate surface area is 106 Å². The van der Waals surface area contributed by atoms with Crippen molar-refractivity contribution in [1.82, 2.24) is 0 Å². The van der Waals surface area contributed by atoms with Gasteiger partial charge in [-0.25, -0.2) is 0 Å². The molecule has 0 nitrogen and oxygen atoms in total. The molecule has 0 aromatic heterocycles. The maximum absolute atomic E-state index is 5.97. The van der Waals surface area contributed by atoms with E-state index in [1.807, 2.05) is 12.1 Å². The van der Waals surface area contributed by atoms with Crippen LogP contribution in [0.15, 0.2) is 24.3 Å². The summed E-state index contributed by atoms with van der Waals surface area (Å²) in [6, 6.07) is 8.17. The number of hydrogen-bond donors (Lipinski definition) is 0. The van der Waals surface area contributed by atoms with Gasteiger partial charge >= 0.3 is 0 Å². The number of hydrogen-bond acceptors (Lipinski definition) is 0. The molecule has 2 heteroatoms. The molecule has 1 aromatic rings. The summed E-state index contributed by atoms with van der Waals surface area (Å²) in [6.45, 7) is 4.54. The zero-order valence-corrected chi connectivity index (χ0v) is 11.7.